The van der Waals surface area contributed by atoms with Gasteiger partial charge >= 0.3 is 0 Å². The van der Waals surface area contributed by atoms with E-state index < -0.39 is 0 Å². The quantitative estimate of drug-likeness (QED) is 0.815. The topological polar surface area (TPSA) is 55.1 Å². The van der Waals surface area contributed by atoms with Crippen LogP contribution in [0.4, 0.5) is 0 Å². The predicted octanol–water partition coefficient (Wildman–Crippen LogP) is 2.23. The van der Waals surface area contributed by atoms with Crippen molar-refractivity contribution in [3.8, 4) is 0 Å². The van der Waals surface area contributed by atoms with Gasteiger partial charge in [0.2, 0.25) is 5.91 Å². The summed E-state index contributed by atoms with van der Waals surface area (Å²) in [6.07, 6.45) is 9.27. The van der Waals surface area contributed by atoms with E-state index in [1.54, 1.807) is 0 Å². The molecular weight excluding hydrogens is 236 g/mol. The van der Waals surface area contributed by atoms with Crippen LogP contribution in [-0.2, 0) is 4.79 Å². The van der Waals surface area contributed by atoms with E-state index in [1.807, 2.05) is 0 Å². The minimum Gasteiger partial charge on any atom is -0.356 e. The lowest BCUT2D eigenvalue weighted by Crippen LogP contribution is -2.36. The van der Waals surface area contributed by atoms with Gasteiger partial charge in [0.05, 0.1) is 0 Å². The Morgan fingerprint density at radius 1 is 1.12 bits per heavy atom. The van der Waals surface area contributed by atoms with Gasteiger partial charge in [0.15, 0.2) is 0 Å². The van der Waals surface area contributed by atoms with Crippen molar-refractivity contribution in [1.29, 1.82) is 0 Å². The molecule has 0 aromatic rings. The molecule has 3 N–H and O–H groups in total. The van der Waals surface area contributed by atoms with Crippen molar-refractivity contribution in [2.45, 2.75) is 57.4 Å². The fraction of sp³-hybridized carbons (Fsp3) is 0.923. The molecule has 1 amide bonds. The van der Waals surface area contributed by atoms with Crippen molar-refractivity contribution in [2.24, 2.45) is 17.6 Å². The summed E-state index contributed by atoms with van der Waals surface area (Å²) in [7, 11) is 0. The molecule has 0 aliphatic heterocycles. The van der Waals surface area contributed by atoms with Crippen LogP contribution in [0.3, 0.4) is 0 Å². The number of hydrogen-bond acceptors (Lipinski definition) is 2. The van der Waals surface area contributed by atoms with Crippen LogP contribution in [0.15, 0.2) is 0 Å². The number of rotatable bonds is 4. The predicted molar refractivity (Wildman–Crippen MR) is 72.1 cm³/mol. The van der Waals surface area contributed by atoms with Gasteiger partial charge in [-0.3, -0.25) is 4.79 Å². The normalized spacial score (nSPS) is 29.0. The molecule has 0 spiro atoms. The number of amides is 1. The summed E-state index contributed by atoms with van der Waals surface area (Å²) < 4.78 is 0. The van der Waals surface area contributed by atoms with E-state index in [0.29, 0.717) is 17.9 Å². The monoisotopic (exact) mass is 260 g/mol. The maximum Gasteiger partial charge on any atom is 0.220 e. The maximum atomic E-state index is 11.6. The lowest BCUT2D eigenvalue weighted by Gasteiger charge is -2.28. The Balaban J connectivity index is 0.00000144. The Kier molecular flexibility index (Phi) is 6.28. The zero-order chi connectivity index (χ0) is 11.4. The van der Waals surface area contributed by atoms with E-state index in [0.717, 1.165) is 25.8 Å². The van der Waals surface area contributed by atoms with Crippen molar-refractivity contribution in [2.75, 3.05) is 6.54 Å². The number of nitrogens with two attached hydrogens (primary N) is 1. The lowest BCUT2D eigenvalue weighted by molar-refractivity contribution is -0.122. The molecular formula is C13H25ClN2O. The van der Waals surface area contributed by atoms with E-state index in [9.17, 15) is 4.79 Å². The van der Waals surface area contributed by atoms with Crippen LogP contribution in [-0.4, -0.2) is 18.5 Å². The summed E-state index contributed by atoms with van der Waals surface area (Å²) in [5, 5.41) is 3.08. The molecule has 2 aliphatic carbocycles. The first-order chi connectivity index (χ1) is 7.74. The molecule has 3 nitrogen and oxygen atoms in total. The van der Waals surface area contributed by atoms with E-state index >= 15 is 0 Å². The number of halogens is 1. The fourth-order valence-electron chi connectivity index (χ4n) is 2.81. The first-order valence-corrected chi connectivity index (χ1v) is 6.76. The zero-order valence-electron chi connectivity index (χ0n) is 10.5. The minimum atomic E-state index is 0. The molecule has 0 aromatic heterocycles. The molecule has 2 saturated carbocycles. The molecule has 0 saturated heterocycles. The largest absolute Gasteiger partial charge is 0.356 e. The second-order valence-electron chi connectivity index (χ2n) is 5.60. The smallest absolute Gasteiger partial charge is 0.220 e. The highest BCUT2D eigenvalue weighted by Gasteiger charge is 2.22. The summed E-state index contributed by atoms with van der Waals surface area (Å²) in [5.74, 6) is 1.55. The molecule has 2 fully saturated rings. The van der Waals surface area contributed by atoms with Gasteiger partial charge < -0.3 is 11.1 Å². The Labute approximate surface area is 110 Å². The molecule has 17 heavy (non-hydrogen) atoms. The molecule has 2 unspecified atom stereocenters. The van der Waals surface area contributed by atoms with Gasteiger partial charge in [-0.25, -0.2) is 0 Å². The second-order valence-corrected chi connectivity index (χ2v) is 5.60. The van der Waals surface area contributed by atoms with Gasteiger partial charge in [-0.15, -0.1) is 12.4 Å². The molecule has 2 rings (SSSR count). The Bertz CT molecular complexity index is 244. The number of carbonyl (C=O) groups is 1. The molecule has 0 radical (unpaired) electrons. The summed E-state index contributed by atoms with van der Waals surface area (Å²) in [6, 6.07) is 0.363. The minimum absolute atomic E-state index is 0. The van der Waals surface area contributed by atoms with Gasteiger partial charge in [0.1, 0.15) is 0 Å². The van der Waals surface area contributed by atoms with Crippen LogP contribution in [0.25, 0.3) is 0 Å². The van der Waals surface area contributed by atoms with Crippen LogP contribution < -0.4 is 11.1 Å². The van der Waals surface area contributed by atoms with E-state index in [4.69, 9.17) is 5.73 Å². The van der Waals surface area contributed by atoms with Crippen molar-refractivity contribution < 1.29 is 4.79 Å². The Morgan fingerprint density at radius 2 is 1.76 bits per heavy atom. The van der Waals surface area contributed by atoms with E-state index in [-0.39, 0.29) is 18.3 Å². The molecule has 4 heteroatoms. The average Bonchev–Trinajstić information content (AvgIpc) is 2.21. The zero-order valence-corrected chi connectivity index (χ0v) is 11.3. The summed E-state index contributed by atoms with van der Waals surface area (Å²) in [5.41, 5.74) is 5.93. The van der Waals surface area contributed by atoms with Gasteiger partial charge in [0.25, 0.3) is 0 Å². The first kappa shape index (κ1) is 14.8. The van der Waals surface area contributed by atoms with E-state index in [2.05, 4.69) is 5.32 Å². The first-order valence-electron chi connectivity index (χ1n) is 6.76. The van der Waals surface area contributed by atoms with Crippen molar-refractivity contribution in [3.05, 3.63) is 0 Å². The maximum absolute atomic E-state index is 11.6. The molecule has 0 heterocycles. The summed E-state index contributed by atoms with van der Waals surface area (Å²) in [4.78, 5) is 11.6. The second kappa shape index (κ2) is 7.22. The van der Waals surface area contributed by atoms with Crippen LogP contribution in [0.2, 0.25) is 0 Å². The highest BCUT2D eigenvalue weighted by Crippen LogP contribution is 2.29. The van der Waals surface area contributed by atoms with Crippen molar-refractivity contribution in [3.63, 3.8) is 0 Å². The van der Waals surface area contributed by atoms with Gasteiger partial charge in [-0.2, -0.15) is 0 Å². The summed E-state index contributed by atoms with van der Waals surface area (Å²) >= 11 is 0. The molecule has 2 atom stereocenters. The highest BCUT2D eigenvalue weighted by molar-refractivity contribution is 5.85. The van der Waals surface area contributed by atoms with Crippen molar-refractivity contribution in [1.82, 2.24) is 5.32 Å². The third kappa shape index (κ3) is 4.84. The lowest BCUT2D eigenvalue weighted by atomic mass is 9.82. The number of carbonyl (C=O) groups excluding carboxylic acids is 1. The average molecular weight is 261 g/mol. The van der Waals surface area contributed by atoms with Gasteiger partial charge in [-0.1, -0.05) is 12.8 Å². The Hall–Kier alpha value is -0.280. The molecule has 100 valence electrons. The highest BCUT2D eigenvalue weighted by atomic mass is 35.5. The van der Waals surface area contributed by atoms with Crippen LogP contribution in [0.1, 0.15) is 51.4 Å². The van der Waals surface area contributed by atoms with Crippen LogP contribution in [0.5, 0.6) is 0 Å². The SMILES string of the molecule is Cl.NC1CCCC(CNC(=O)CC2CCC2)C1. The van der Waals surface area contributed by atoms with E-state index in [1.165, 1.54) is 32.1 Å². The van der Waals surface area contributed by atoms with Gasteiger partial charge in [0, 0.05) is 19.0 Å². The molecule has 2 aliphatic rings. The number of hydrogen-bond donors (Lipinski definition) is 2. The Morgan fingerprint density at radius 3 is 2.35 bits per heavy atom. The molecule has 0 aromatic carbocycles. The fourth-order valence-corrected chi connectivity index (χ4v) is 2.81. The molecule has 0 bridgehead atoms. The third-order valence-electron chi connectivity index (χ3n) is 4.11. The van der Waals surface area contributed by atoms with Gasteiger partial charge in [-0.05, 0) is 43.9 Å². The number of nitrogens with one attached hydrogen (secondary N) is 1. The standard InChI is InChI=1S/C13H24N2O.ClH/c14-12-6-2-5-11(7-12)9-15-13(16)8-10-3-1-4-10;/h10-12H,1-9,14H2,(H,15,16);1H. The summed E-state index contributed by atoms with van der Waals surface area (Å²) in [6.45, 7) is 0.846. The van der Waals surface area contributed by atoms with Crippen molar-refractivity contribution >= 4 is 18.3 Å². The third-order valence-corrected chi connectivity index (χ3v) is 4.11. The van der Waals surface area contributed by atoms with Crippen LogP contribution >= 0.6 is 12.4 Å². The van der Waals surface area contributed by atoms with Crippen LogP contribution in [0, 0.1) is 11.8 Å².